The highest BCUT2D eigenvalue weighted by atomic mass is 32.2. The molecule has 14 heavy (non-hydrogen) atoms. The molecule has 82 valence electrons. The SMILES string of the molecule is O=C(O)C(F)(F)F.O=C(O)N=S(=O)=O. The Morgan fingerprint density at radius 2 is 1.43 bits per heavy atom. The normalized spacial score (nSPS) is 9.36. The zero-order valence-corrected chi connectivity index (χ0v) is 6.83. The van der Waals surface area contributed by atoms with Gasteiger partial charge >= 0.3 is 28.7 Å². The number of alkyl halides is 3. The van der Waals surface area contributed by atoms with Gasteiger partial charge in [0.25, 0.3) is 0 Å². The monoisotopic (exact) mass is 237 g/mol. The summed E-state index contributed by atoms with van der Waals surface area (Å²) in [6.07, 6.45) is -6.78. The summed E-state index contributed by atoms with van der Waals surface area (Å²) in [5, 5.41) is 14.6. The molecule has 0 aliphatic heterocycles. The van der Waals surface area contributed by atoms with Gasteiger partial charge in [0.15, 0.2) is 0 Å². The van der Waals surface area contributed by atoms with Crippen molar-refractivity contribution in [1.29, 1.82) is 0 Å². The maximum Gasteiger partial charge on any atom is 0.490 e. The third kappa shape index (κ3) is 13.0. The molecule has 0 fully saturated rings. The number of hydrogen-bond donors (Lipinski definition) is 2. The molecule has 0 spiro atoms. The first-order valence-corrected chi connectivity index (χ1v) is 3.44. The van der Waals surface area contributed by atoms with Gasteiger partial charge in [-0.1, -0.05) is 4.36 Å². The molecule has 0 aromatic carbocycles. The van der Waals surface area contributed by atoms with Gasteiger partial charge in [-0.25, -0.2) is 9.59 Å². The van der Waals surface area contributed by atoms with E-state index in [1.807, 2.05) is 0 Å². The predicted molar refractivity (Wildman–Crippen MR) is 33.1 cm³/mol. The van der Waals surface area contributed by atoms with Crippen LogP contribution in [0.25, 0.3) is 0 Å². The van der Waals surface area contributed by atoms with E-state index in [1.54, 1.807) is 0 Å². The van der Waals surface area contributed by atoms with E-state index in [9.17, 15) is 26.4 Å². The minimum absolute atomic E-state index is 1.70. The van der Waals surface area contributed by atoms with Gasteiger partial charge in [-0.15, -0.1) is 0 Å². The van der Waals surface area contributed by atoms with Crippen LogP contribution in [-0.2, 0) is 15.3 Å². The van der Waals surface area contributed by atoms with E-state index in [0.29, 0.717) is 0 Å². The molecule has 0 aliphatic rings. The van der Waals surface area contributed by atoms with Gasteiger partial charge in [0.1, 0.15) is 0 Å². The van der Waals surface area contributed by atoms with Crippen molar-refractivity contribution in [3.05, 3.63) is 0 Å². The zero-order valence-electron chi connectivity index (χ0n) is 6.02. The van der Waals surface area contributed by atoms with E-state index >= 15 is 0 Å². The van der Waals surface area contributed by atoms with Gasteiger partial charge in [-0.05, 0) is 0 Å². The summed E-state index contributed by atoms with van der Waals surface area (Å²) in [7, 11) is -2.82. The molecule has 0 saturated carbocycles. The first-order valence-electron chi connectivity index (χ1n) is 2.41. The maximum absolute atomic E-state index is 10.6. The summed E-state index contributed by atoms with van der Waals surface area (Å²) < 4.78 is 52.4. The standard InChI is InChI=1S/C2HF3O2.CHNO4S/c3-2(4,5)1(6)7;3-1(4)2-7(5)6/h(H,6,7);(H,3,4). The van der Waals surface area contributed by atoms with Gasteiger partial charge in [-0.2, -0.15) is 21.6 Å². The molecular weight excluding hydrogens is 235 g/mol. The molecule has 7 nitrogen and oxygen atoms in total. The molecule has 0 saturated heterocycles. The number of carboxylic acids is 1. The lowest BCUT2D eigenvalue weighted by atomic mass is 10.7. The minimum atomic E-state index is -5.08. The number of nitrogens with zero attached hydrogens (tertiary/aromatic N) is 1. The van der Waals surface area contributed by atoms with E-state index in [4.69, 9.17) is 15.0 Å². The summed E-state index contributed by atoms with van der Waals surface area (Å²) in [5.41, 5.74) is 0. The maximum atomic E-state index is 10.6. The van der Waals surface area contributed by atoms with Gasteiger partial charge in [-0.3, -0.25) is 0 Å². The Labute approximate surface area is 75.5 Å². The summed E-state index contributed by atoms with van der Waals surface area (Å²) in [6.45, 7) is 0. The van der Waals surface area contributed by atoms with Crippen LogP contribution >= 0.6 is 0 Å². The average Bonchev–Trinajstić information content (AvgIpc) is 1.81. The van der Waals surface area contributed by atoms with Crippen molar-refractivity contribution in [3.8, 4) is 0 Å². The van der Waals surface area contributed by atoms with Crippen LogP contribution in [0.15, 0.2) is 4.36 Å². The molecule has 1 amide bonds. The number of hydrogen-bond acceptors (Lipinski definition) is 4. The Hall–Kier alpha value is -1.65. The number of rotatable bonds is 0. The summed E-state index contributed by atoms with van der Waals surface area (Å²) in [5.74, 6) is -2.76. The van der Waals surface area contributed by atoms with Crippen LogP contribution in [0.5, 0.6) is 0 Å². The summed E-state index contributed by atoms with van der Waals surface area (Å²) in [6, 6.07) is 0. The number of amides is 1. The molecule has 11 heteroatoms. The Kier molecular flexibility index (Phi) is 6.26. The van der Waals surface area contributed by atoms with Crippen LogP contribution in [0.3, 0.4) is 0 Å². The largest absolute Gasteiger partial charge is 0.490 e. The fourth-order valence-corrected chi connectivity index (χ4v) is 0.191. The average molecular weight is 237 g/mol. The molecule has 0 unspecified atom stereocenters. The number of halogens is 3. The second-order valence-electron chi connectivity index (χ2n) is 1.39. The number of carbonyl (C=O) groups is 2. The third-order valence-electron chi connectivity index (χ3n) is 0.395. The van der Waals surface area contributed by atoms with Crippen LogP contribution in [0.1, 0.15) is 0 Å². The van der Waals surface area contributed by atoms with Crippen molar-refractivity contribution in [2.45, 2.75) is 6.18 Å². The van der Waals surface area contributed by atoms with Crippen molar-refractivity contribution < 1.29 is 41.4 Å². The summed E-state index contributed by atoms with van der Waals surface area (Å²) in [4.78, 5) is 18.1. The van der Waals surface area contributed by atoms with Gasteiger partial charge in [0.05, 0.1) is 0 Å². The van der Waals surface area contributed by atoms with Crippen molar-refractivity contribution in [3.63, 3.8) is 0 Å². The molecule has 0 atom stereocenters. The predicted octanol–water partition coefficient (Wildman–Crippen LogP) is 0.360. The number of aliphatic carboxylic acids is 1. The van der Waals surface area contributed by atoms with Crippen LogP contribution in [-0.4, -0.2) is 36.9 Å². The Morgan fingerprint density at radius 1 is 1.14 bits per heavy atom. The van der Waals surface area contributed by atoms with Crippen molar-refractivity contribution in [1.82, 2.24) is 0 Å². The van der Waals surface area contributed by atoms with E-state index in [2.05, 4.69) is 4.36 Å². The van der Waals surface area contributed by atoms with E-state index in [1.165, 1.54) is 0 Å². The lowest BCUT2D eigenvalue weighted by Gasteiger charge is -1.93. The molecule has 0 radical (unpaired) electrons. The fourth-order valence-electron chi connectivity index (χ4n) is 0.0638. The second kappa shape index (κ2) is 5.90. The van der Waals surface area contributed by atoms with Crippen molar-refractivity contribution in [2.24, 2.45) is 4.36 Å². The van der Waals surface area contributed by atoms with Crippen molar-refractivity contribution in [2.75, 3.05) is 0 Å². The Morgan fingerprint density at radius 3 is 1.43 bits per heavy atom. The lowest BCUT2D eigenvalue weighted by Crippen LogP contribution is -2.21. The van der Waals surface area contributed by atoms with Crippen LogP contribution in [0.4, 0.5) is 18.0 Å². The van der Waals surface area contributed by atoms with Crippen molar-refractivity contribution >= 4 is 22.6 Å². The molecule has 0 aliphatic carbocycles. The third-order valence-corrected chi connectivity index (χ3v) is 0.700. The Bertz CT molecular complexity index is 334. The summed E-state index contributed by atoms with van der Waals surface area (Å²) >= 11 is 0. The number of carboxylic acid groups (broad SMARTS) is 2. The smallest absolute Gasteiger partial charge is 0.475 e. The second-order valence-corrected chi connectivity index (χ2v) is 2.01. The quantitative estimate of drug-likeness (QED) is 0.627. The van der Waals surface area contributed by atoms with E-state index in [0.717, 1.165) is 0 Å². The molecule has 0 heterocycles. The molecule has 0 aromatic heterocycles. The Balaban J connectivity index is 0. The molecule has 2 N–H and O–H groups in total. The first-order chi connectivity index (χ1) is 6.07. The lowest BCUT2D eigenvalue weighted by molar-refractivity contribution is -0.192. The van der Waals surface area contributed by atoms with Gasteiger partial charge < -0.3 is 10.2 Å². The van der Waals surface area contributed by atoms with Gasteiger partial charge in [0.2, 0.25) is 0 Å². The van der Waals surface area contributed by atoms with Gasteiger partial charge in [0, 0.05) is 0 Å². The first kappa shape index (κ1) is 14.9. The van der Waals surface area contributed by atoms with E-state index in [-0.39, 0.29) is 0 Å². The highest BCUT2D eigenvalue weighted by Crippen LogP contribution is 2.13. The topological polar surface area (TPSA) is 121 Å². The fraction of sp³-hybridized carbons (Fsp3) is 0.333. The molecule has 0 aromatic rings. The zero-order chi connectivity index (χ0) is 11.9. The minimum Gasteiger partial charge on any atom is -0.475 e. The molecular formula is C3H2F3NO6S. The molecule has 0 bridgehead atoms. The van der Waals surface area contributed by atoms with E-state index < -0.39 is 28.7 Å². The highest BCUT2D eigenvalue weighted by molar-refractivity contribution is 7.62. The molecule has 0 rings (SSSR count). The highest BCUT2D eigenvalue weighted by Gasteiger charge is 2.38. The van der Waals surface area contributed by atoms with Crippen LogP contribution < -0.4 is 0 Å². The van der Waals surface area contributed by atoms with Crippen LogP contribution in [0, 0.1) is 0 Å². The van der Waals surface area contributed by atoms with Crippen LogP contribution in [0.2, 0.25) is 0 Å².